The fourth-order valence-corrected chi connectivity index (χ4v) is 1.72. The van der Waals surface area contributed by atoms with Crippen LogP contribution in [-0.2, 0) is 0 Å². The smallest absolute Gasteiger partial charge is 0.243 e. The average molecular weight is 252 g/mol. The number of nitrogens with two attached hydrogens (primary N) is 1. The van der Waals surface area contributed by atoms with Crippen LogP contribution in [0.5, 0.6) is 5.88 Å². The molecule has 0 amide bonds. The molecular formula is C11H16N4OS. The van der Waals surface area contributed by atoms with Gasteiger partial charge in [-0.15, -0.1) is 0 Å². The Kier molecular flexibility index (Phi) is 3.86. The molecule has 1 saturated carbocycles. The Morgan fingerprint density at radius 3 is 2.88 bits per heavy atom. The van der Waals surface area contributed by atoms with Crippen molar-refractivity contribution in [1.29, 1.82) is 0 Å². The molecule has 0 radical (unpaired) electrons. The van der Waals surface area contributed by atoms with Crippen molar-refractivity contribution in [3.05, 3.63) is 18.1 Å². The van der Waals surface area contributed by atoms with E-state index in [2.05, 4.69) is 21.9 Å². The van der Waals surface area contributed by atoms with E-state index in [4.69, 9.17) is 22.7 Å². The highest BCUT2D eigenvalue weighted by Gasteiger charge is 2.25. The van der Waals surface area contributed by atoms with Gasteiger partial charge in [-0.2, -0.15) is 0 Å². The van der Waals surface area contributed by atoms with Crippen LogP contribution in [0.3, 0.4) is 0 Å². The third-order valence-corrected chi connectivity index (χ3v) is 2.94. The molecule has 92 valence electrons. The first-order valence-corrected chi connectivity index (χ1v) is 6.03. The predicted octanol–water partition coefficient (Wildman–Crippen LogP) is 0.584. The Hall–Kier alpha value is -1.27. The van der Waals surface area contributed by atoms with E-state index in [1.807, 2.05) is 0 Å². The Bertz CT molecular complexity index is 408. The molecule has 2 N–H and O–H groups in total. The zero-order valence-corrected chi connectivity index (χ0v) is 10.6. The van der Waals surface area contributed by atoms with Crippen molar-refractivity contribution in [3.63, 3.8) is 0 Å². The summed E-state index contributed by atoms with van der Waals surface area (Å²) in [7, 11) is 2.10. The molecule has 1 aromatic rings. The van der Waals surface area contributed by atoms with Gasteiger partial charge in [0.2, 0.25) is 5.88 Å². The van der Waals surface area contributed by atoms with E-state index >= 15 is 0 Å². The van der Waals surface area contributed by atoms with Gasteiger partial charge in [0.1, 0.15) is 11.6 Å². The highest BCUT2D eigenvalue weighted by molar-refractivity contribution is 7.80. The van der Waals surface area contributed by atoms with Crippen molar-refractivity contribution in [1.82, 2.24) is 14.9 Å². The van der Waals surface area contributed by atoms with Crippen LogP contribution in [0.15, 0.2) is 12.4 Å². The van der Waals surface area contributed by atoms with E-state index in [0.29, 0.717) is 18.2 Å². The third-order valence-electron chi connectivity index (χ3n) is 2.75. The standard InChI is InChI=1S/C11H16N4OS/c1-15(8-2-3-8)6-7-16-11-9(10(12)17)13-4-5-14-11/h4-5,8H,2-3,6-7H2,1H3,(H2,12,17). The van der Waals surface area contributed by atoms with Crippen LogP contribution >= 0.6 is 12.2 Å². The van der Waals surface area contributed by atoms with Crippen LogP contribution in [0.2, 0.25) is 0 Å². The molecule has 6 heteroatoms. The lowest BCUT2D eigenvalue weighted by atomic mass is 10.4. The van der Waals surface area contributed by atoms with Gasteiger partial charge in [-0.3, -0.25) is 0 Å². The van der Waals surface area contributed by atoms with E-state index in [0.717, 1.165) is 12.6 Å². The molecule has 1 fully saturated rings. The highest BCUT2D eigenvalue weighted by Crippen LogP contribution is 2.24. The second-order valence-corrected chi connectivity index (χ2v) is 4.57. The number of likely N-dealkylation sites (N-methyl/N-ethyl adjacent to an activating group) is 1. The lowest BCUT2D eigenvalue weighted by Crippen LogP contribution is -2.27. The fraction of sp³-hybridized carbons (Fsp3) is 0.545. The summed E-state index contributed by atoms with van der Waals surface area (Å²) >= 11 is 4.89. The van der Waals surface area contributed by atoms with Crippen molar-refractivity contribution in [2.45, 2.75) is 18.9 Å². The molecular weight excluding hydrogens is 236 g/mol. The van der Waals surface area contributed by atoms with E-state index < -0.39 is 0 Å². The average Bonchev–Trinajstić information content (AvgIpc) is 3.13. The number of hydrogen-bond donors (Lipinski definition) is 1. The summed E-state index contributed by atoms with van der Waals surface area (Å²) < 4.78 is 5.56. The Balaban J connectivity index is 1.87. The topological polar surface area (TPSA) is 64.3 Å². The molecule has 0 atom stereocenters. The van der Waals surface area contributed by atoms with E-state index in [1.165, 1.54) is 12.8 Å². The summed E-state index contributed by atoms with van der Waals surface area (Å²) in [4.78, 5) is 10.6. The van der Waals surface area contributed by atoms with Crippen LogP contribution in [-0.4, -0.2) is 46.1 Å². The van der Waals surface area contributed by atoms with Crippen LogP contribution in [0.4, 0.5) is 0 Å². The molecule has 1 aliphatic rings. The molecule has 2 rings (SSSR count). The normalized spacial score (nSPS) is 14.9. The zero-order chi connectivity index (χ0) is 12.3. The lowest BCUT2D eigenvalue weighted by Gasteiger charge is -2.16. The monoisotopic (exact) mass is 252 g/mol. The maximum atomic E-state index is 5.56. The van der Waals surface area contributed by atoms with E-state index in [9.17, 15) is 0 Å². The number of ether oxygens (including phenoxy) is 1. The minimum absolute atomic E-state index is 0.212. The van der Waals surface area contributed by atoms with Gasteiger partial charge >= 0.3 is 0 Å². The van der Waals surface area contributed by atoms with E-state index in [1.54, 1.807) is 12.4 Å². The van der Waals surface area contributed by atoms with Crippen molar-refractivity contribution < 1.29 is 4.74 Å². The Morgan fingerprint density at radius 2 is 2.24 bits per heavy atom. The summed E-state index contributed by atoms with van der Waals surface area (Å²) in [6.07, 6.45) is 5.71. The van der Waals surface area contributed by atoms with Crippen LogP contribution in [0.25, 0.3) is 0 Å². The number of thiocarbonyl (C=S) groups is 1. The molecule has 1 aromatic heterocycles. The van der Waals surface area contributed by atoms with Crippen molar-refractivity contribution in [2.75, 3.05) is 20.2 Å². The molecule has 5 nitrogen and oxygen atoms in total. The van der Waals surface area contributed by atoms with Crippen molar-refractivity contribution >= 4 is 17.2 Å². The quantitative estimate of drug-likeness (QED) is 0.747. The lowest BCUT2D eigenvalue weighted by molar-refractivity contribution is 0.225. The molecule has 1 heterocycles. The third kappa shape index (κ3) is 3.34. The first-order valence-electron chi connectivity index (χ1n) is 5.62. The highest BCUT2D eigenvalue weighted by atomic mass is 32.1. The minimum Gasteiger partial charge on any atom is -0.475 e. The van der Waals surface area contributed by atoms with Gasteiger partial charge in [0, 0.05) is 25.0 Å². The second kappa shape index (κ2) is 5.37. The van der Waals surface area contributed by atoms with Gasteiger partial charge in [0.15, 0.2) is 5.69 Å². The summed E-state index contributed by atoms with van der Waals surface area (Å²) in [6.45, 7) is 1.44. The molecule has 0 aromatic carbocycles. The molecule has 0 saturated heterocycles. The first-order chi connectivity index (χ1) is 8.18. The van der Waals surface area contributed by atoms with Gasteiger partial charge in [-0.25, -0.2) is 9.97 Å². The first kappa shape index (κ1) is 12.2. The maximum Gasteiger partial charge on any atom is 0.243 e. The molecule has 0 bridgehead atoms. The second-order valence-electron chi connectivity index (χ2n) is 4.13. The fourth-order valence-electron chi connectivity index (χ4n) is 1.58. The predicted molar refractivity (Wildman–Crippen MR) is 69.1 cm³/mol. The Labute approximate surface area is 106 Å². The Morgan fingerprint density at radius 1 is 1.53 bits per heavy atom. The summed E-state index contributed by atoms with van der Waals surface area (Å²) in [5.41, 5.74) is 6.00. The van der Waals surface area contributed by atoms with Gasteiger partial charge < -0.3 is 15.4 Å². The molecule has 1 aliphatic carbocycles. The SMILES string of the molecule is CN(CCOc1nccnc1C(N)=S)C1CC1. The van der Waals surface area contributed by atoms with Crippen LogP contribution in [0, 0.1) is 0 Å². The van der Waals surface area contributed by atoms with Crippen LogP contribution < -0.4 is 10.5 Å². The van der Waals surface area contributed by atoms with Gasteiger partial charge in [0.25, 0.3) is 0 Å². The largest absolute Gasteiger partial charge is 0.475 e. The van der Waals surface area contributed by atoms with E-state index in [-0.39, 0.29) is 4.99 Å². The minimum atomic E-state index is 0.212. The molecule has 0 spiro atoms. The van der Waals surface area contributed by atoms with Crippen molar-refractivity contribution in [3.8, 4) is 5.88 Å². The molecule has 0 aliphatic heterocycles. The number of rotatable bonds is 6. The summed E-state index contributed by atoms with van der Waals surface area (Å²) in [6, 6.07) is 0.732. The van der Waals surface area contributed by atoms with Gasteiger partial charge in [0.05, 0.1) is 0 Å². The maximum absolute atomic E-state index is 5.56. The molecule has 17 heavy (non-hydrogen) atoms. The van der Waals surface area contributed by atoms with Gasteiger partial charge in [-0.05, 0) is 19.9 Å². The zero-order valence-electron chi connectivity index (χ0n) is 9.80. The number of aromatic nitrogens is 2. The number of hydrogen-bond acceptors (Lipinski definition) is 5. The van der Waals surface area contributed by atoms with Crippen LogP contribution in [0.1, 0.15) is 18.5 Å². The van der Waals surface area contributed by atoms with Gasteiger partial charge in [-0.1, -0.05) is 12.2 Å². The van der Waals surface area contributed by atoms with Crippen molar-refractivity contribution in [2.24, 2.45) is 5.73 Å². The number of nitrogens with zero attached hydrogens (tertiary/aromatic N) is 3. The summed E-state index contributed by atoms with van der Waals surface area (Å²) in [5.74, 6) is 0.421. The molecule has 0 unspecified atom stereocenters. The summed E-state index contributed by atoms with van der Waals surface area (Å²) in [5, 5.41) is 0.